The third-order valence-electron chi connectivity index (χ3n) is 3.73. The summed E-state index contributed by atoms with van der Waals surface area (Å²) in [5.41, 5.74) is -0.740. The fourth-order valence-electron chi connectivity index (χ4n) is 2.38. The van der Waals surface area contributed by atoms with Crippen LogP contribution in [0, 0.1) is 32.7 Å². The summed E-state index contributed by atoms with van der Waals surface area (Å²) >= 11 is 1.94. The van der Waals surface area contributed by atoms with Crippen LogP contribution in [0.4, 0.5) is 22.0 Å². The van der Waals surface area contributed by atoms with Crippen molar-refractivity contribution in [2.24, 2.45) is 0 Å². The second-order valence-electron chi connectivity index (χ2n) is 5.68. The molecule has 0 fully saturated rings. The maximum atomic E-state index is 13.9. The zero-order valence-electron chi connectivity index (χ0n) is 15.9. The molecule has 0 atom stereocenters. The van der Waals surface area contributed by atoms with Gasteiger partial charge in [-0.15, -0.1) is 0 Å². The number of benzene rings is 2. The van der Waals surface area contributed by atoms with Crippen LogP contribution in [0.5, 0.6) is 5.75 Å². The SMILES string of the molecule is CCOP(=O)(/C=C/c1c(I)cccc1OCc1c(F)c(F)c(F)c(F)c1F)OCC. The van der Waals surface area contributed by atoms with Crippen LogP contribution in [0.2, 0.25) is 0 Å². The molecule has 0 radical (unpaired) electrons. The largest absolute Gasteiger partial charge is 0.488 e. The second-order valence-corrected chi connectivity index (χ2v) is 8.74. The highest BCUT2D eigenvalue weighted by molar-refractivity contribution is 14.1. The van der Waals surface area contributed by atoms with Gasteiger partial charge in [0.05, 0.1) is 18.8 Å². The summed E-state index contributed by atoms with van der Waals surface area (Å²) in [5.74, 6) is -8.99. The van der Waals surface area contributed by atoms with E-state index in [1.165, 1.54) is 18.0 Å². The van der Waals surface area contributed by atoms with Crippen LogP contribution in [0.25, 0.3) is 6.08 Å². The molecule has 164 valence electrons. The van der Waals surface area contributed by atoms with Crippen LogP contribution in [-0.2, 0) is 20.2 Å². The van der Waals surface area contributed by atoms with E-state index in [1.54, 1.807) is 26.0 Å². The third-order valence-corrected chi connectivity index (χ3v) is 6.42. The lowest BCUT2D eigenvalue weighted by Crippen LogP contribution is -2.10. The molecule has 0 amide bonds. The highest BCUT2D eigenvalue weighted by Gasteiger charge is 2.26. The summed E-state index contributed by atoms with van der Waals surface area (Å²) < 4.78 is 96.5. The summed E-state index contributed by atoms with van der Waals surface area (Å²) in [6.45, 7) is 2.64. The van der Waals surface area contributed by atoms with Crippen LogP contribution < -0.4 is 4.74 Å². The molecule has 2 aromatic rings. The maximum Gasteiger partial charge on any atom is 0.354 e. The zero-order valence-corrected chi connectivity index (χ0v) is 18.9. The summed E-state index contributed by atoms with van der Waals surface area (Å²) in [6.07, 6.45) is 1.39. The van der Waals surface area contributed by atoms with E-state index in [9.17, 15) is 26.5 Å². The lowest BCUT2D eigenvalue weighted by Gasteiger charge is -2.15. The number of hydrogen-bond acceptors (Lipinski definition) is 4. The Morgan fingerprint density at radius 1 is 0.933 bits per heavy atom. The Morgan fingerprint density at radius 2 is 1.47 bits per heavy atom. The molecule has 30 heavy (non-hydrogen) atoms. The van der Waals surface area contributed by atoms with Crippen LogP contribution in [0.1, 0.15) is 25.0 Å². The Morgan fingerprint density at radius 3 is 2.00 bits per heavy atom. The molecule has 0 saturated carbocycles. The Hall–Kier alpha value is -1.49. The molecule has 0 aromatic heterocycles. The Kier molecular flexibility index (Phi) is 8.84. The number of rotatable bonds is 9. The average molecular weight is 562 g/mol. The van der Waals surface area contributed by atoms with Crippen molar-refractivity contribution in [1.82, 2.24) is 0 Å². The van der Waals surface area contributed by atoms with Crippen LogP contribution >= 0.6 is 30.2 Å². The van der Waals surface area contributed by atoms with E-state index in [4.69, 9.17) is 13.8 Å². The van der Waals surface area contributed by atoms with E-state index in [2.05, 4.69) is 0 Å². The highest BCUT2D eigenvalue weighted by atomic mass is 127. The molecule has 2 aromatic carbocycles. The Balaban J connectivity index is 2.37. The van der Waals surface area contributed by atoms with Gasteiger partial charge in [0.25, 0.3) is 0 Å². The molecule has 0 bridgehead atoms. The molecule has 0 heterocycles. The van der Waals surface area contributed by atoms with Gasteiger partial charge >= 0.3 is 7.60 Å². The minimum atomic E-state index is -3.54. The van der Waals surface area contributed by atoms with Crippen molar-refractivity contribution in [3.05, 3.63) is 67.8 Å². The lowest BCUT2D eigenvalue weighted by atomic mass is 10.1. The number of hydrogen-bond donors (Lipinski definition) is 0. The first-order valence-corrected chi connectivity index (χ1v) is 11.3. The second kappa shape index (κ2) is 10.7. The van der Waals surface area contributed by atoms with E-state index >= 15 is 0 Å². The molecule has 2 rings (SSSR count). The zero-order chi connectivity index (χ0) is 22.5. The van der Waals surface area contributed by atoms with E-state index < -0.39 is 48.9 Å². The van der Waals surface area contributed by atoms with Crippen molar-refractivity contribution in [2.45, 2.75) is 20.5 Å². The minimum Gasteiger partial charge on any atom is -0.488 e. The molecule has 0 aliphatic rings. The lowest BCUT2D eigenvalue weighted by molar-refractivity contribution is 0.229. The maximum absolute atomic E-state index is 13.9. The van der Waals surface area contributed by atoms with Gasteiger partial charge in [0.15, 0.2) is 23.3 Å². The topological polar surface area (TPSA) is 44.8 Å². The van der Waals surface area contributed by atoms with Gasteiger partial charge in [-0.25, -0.2) is 22.0 Å². The fourth-order valence-corrected chi connectivity index (χ4v) is 4.33. The molecule has 0 unspecified atom stereocenters. The van der Waals surface area contributed by atoms with Gasteiger partial charge in [-0.1, -0.05) is 6.07 Å². The molecule has 0 aliphatic heterocycles. The number of halogens is 6. The molecule has 0 spiro atoms. The first-order valence-electron chi connectivity index (χ1n) is 8.64. The Bertz CT molecular complexity index is 960. The molecule has 0 N–H and O–H groups in total. The number of ether oxygens (including phenoxy) is 1. The predicted molar refractivity (Wildman–Crippen MR) is 110 cm³/mol. The molecule has 0 aliphatic carbocycles. The fraction of sp³-hybridized carbons (Fsp3) is 0.263. The van der Waals surface area contributed by atoms with Crippen molar-refractivity contribution >= 4 is 36.3 Å². The molecular weight excluding hydrogens is 545 g/mol. The molecular formula is C19H17F5IO4P. The molecule has 4 nitrogen and oxygen atoms in total. The standard InChI is InChI=1S/C19H17F5IO4P/c1-3-28-30(26,29-4-2)9-8-11-13(25)6-5-7-14(11)27-10-12-15(20)17(22)19(24)18(23)16(12)21/h5-9H,3-4,10H2,1-2H3/b9-8+. The first-order chi connectivity index (χ1) is 14.1. The van der Waals surface area contributed by atoms with Crippen LogP contribution in [0.15, 0.2) is 24.0 Å². The van der Waals surface area contributed by atoms with E-state index in [0.29, 0.717) is 9.13 Å². The summed E-state index contributed by atoms with van der Waals surface area (Å²) in [6, 6.07) is 4.68. The summed E-state index contributed by atoms with van der Waals surface area (Å²) in [4.78, 5) is 0. The smallest absolute Gasteiger partial charge is 0.354 e. The predicted octanol–water partition coefficient (Wildman–Crippen LogP) is 6.80. The van der Waals surface area contributed by atoms with Crippen LogP contribution in [-0.4, -0.2) is 13.2 Å². The van der Waals surface area contributed by atoms with Crippen LogP contribution in [0.3, 0.4) is 0 Å². The van der Waals surface area contributed by atoms with Gasteiger partial charge in [0.1, 0.15) is 12.4 Å². The van der Waals surface area contributed by atoms with Crippen molar-refractivity contribution in [3.63, 3.8) is 0 Å². The van der Waals surface area contributed by atoms with Gasteiger partial charge in [-0.05, 0) is 54.6 Å². The van der Waals surface area contributed by atoms with Crippen molar-refractivity contribution in [2.75, 3.05) is 13.2 Å². The van der Waals surface area contributed by atoms with Crippen molar-refractivity contribution < 1.29 is 40.3 Å². The highest BCUT2D eigenvalue weighted by Crippen LogP contribution is 2.50. The minimum absolute atomic E-state index is 0.0710. The van der Waals surface area contributed by atoms with Gasteiger partial charge < -0.3 is 13.8 Å². The van der Waals surface area contributed by atoms with Gasteiger partial charge in [0, 0.05) is 15.0 Å². The summed E-state index contributed by atoms with van der Waals surface area (Å²) in [7, 11) is -3.54. The molecule has 0 saturated heterocycles. The van der Waals surface area contributed by atoms with E-state index in [0.717, 1.165) is 0 Å². The van der Waals surface area contributed by atoms with Gasteiger partial charge in [-0.3, -0.25) is 4.57 Å². The Labute approximate surface area is 183 Å². The van der Waals surface area contributed by atoms with E-state index in [-0.39, 0.29) is 19.0 Å². The van der Waals surface area contributed by atoms with Gasteiger partial charge in [0.2, 0.25) is 5.82 Å². The van der Waals surface area contributed by atoms with E-state index in [1.807, 2.05) is 22.6 Å². The monoisotopic (exact) mass is 562 g/mol. The average Bonchev–Trinajstić information content (AvgIpc) is 2.70. The molecule has 11 heteroatoms. The third kappa shape index (κ3) is 5.60. The quantitative estimate of drug-likeness (QED) is 0.111. The van der Waals surface area contributed by atoms with Crippen molar-refractivity contribution in [3.8, 4) is 5.75 Å². The summed E-state index contributed by atoms with van der Waals surface area (Å²) in [5, 5.41) is 0. The first kappa shape index (κ1) is 24.8. The van der Waals surface area contributed by atoms with Crippen molar-refractivity contribution in [1.29, 1.82) is 0 Å². The van der Waals surface area contributed by atoms with Gasteiger partial charge in [-0.2, -0.15) is 0 Å². The normalized spacial score (nSPS) is 12.0.